The number of carbonyl (C=O) groups excluding carboxylic acids is 1. The molecule has 0 unspecified atom stereocenters. The summed E-state index contributed by atoms with van der Waals surface area (Å²) < 4.78 is 33.3. The van der Waals surface area contributed by atoms with Gasteiger partial charge in [0.05, 0.1) is 19.4 Å². The van der Waals surface area contributed by atoms with Crippen LogP contribution < -0.4 is 4.72 Å². The third-order valence-electron chi connectivity index (χ3n) is 4.48. The second kappa shape index (κ2) is 9.09. The number of rotatable bonds is 8. The molecule has 31 heavy (non-hydrogen) atoms. The van der Waals surface area contributed by atoms with Crippen LogP contribution in [0.15, 0.2) is 80.9 Å². The lowest BCUT2D eigenvalue weighted by Crippen LogP contribution is -2.29. The van der Waals surface area contributed by atoms with Gasteiger partial charge in [0.15, 0.2) is 0 Å². The Balaban J connectivity index is 1.58. The molecule has 4 rings (SSSR count). The van der Waals surface area contributed by atoms with Gasteiger partial charge in [-0.3, -0.25) is 9.52 Å². The van der Waals surface area contributed by atoms with Crippen molar-refractivity contribution in [2.24, 2.45) is 0 Å². The molecule has 3 heterocycles. The monoisotopic (exact) mass is 472 g/mol. The van der Waals surface area contributed by atoms with E-state index >= 15 is 0 Å². The van der Waals surface area contributed by atoms with Gasteiger partial charge in [0, 0.05) is 21.0 Å². The van der Waals surface area contributed by atoms with E-state index in [-0.39, 0.29) is 10.1 Å². The molecule has 0 saturated carbocycles. The summed E-state index contributed by atoms with van der Waals surface area (Å²) in [7, 11) is -3.69. The van der Waals surface area contributed by atoms with Crippen molar-refractivity contribution < 1.29 is 17.6 Å². The first-order valence-corrected chi connectivity index (χ1v) is 12.6. The van der Waals surface area contributed by atoms with E-state index < -0.39 is 10.0 Å². The maximum atomic E-state index is 13.3. The van der Waals surface area contributed by atoms with Crippen molar-refractivity contribution in [2.75, 3.05) is 4.72 Å². The largest absolute Gasteiger partial charge is 0.467 e. The van der Waals surface area contributed by atoms with E-state index in [4.69, 9.17) is 4.42 Å². The molecule has 0 spiro atoms. The van der Waals surface area contributed by atoms with Gasteiger partial charge in [-0.05, 0) is 60.8 Å². The first kappa shape index (κ1) is 21.4. The number of benzene rings is 1. The van der Waals surface area contributed by atoms with Gasteiger partial charge >= 0.3 is 0 Å². The number of anilines is 1. The van der Waals surface area contributed by atoms with Crippen LogP contribution in [-0.2, 0) is 23.1 Å². The molecule has 0 bridgehead atoms. The van der Waals surface area contributed by atoms with Crippen LogP contribution in [0.2, 0.25) is 0 Å². The molecule has 1 amide bonds. The van der Waals surface area contributed by atoms with Gasteiger partial charge in [-0.1, -0.05) is 12.1 Å². The summed E-state index contributed by atoms with van der Waals surface area (Å²) in [5, 5.41) is 1.70. The highest BCUT2D eigenvalue weighted by Gasteiger charge is 2.20. The molecule has 0 aliphatic rings. The van der Waals surface area contributed by atoms with Crippen molar-refractivity contribution in [3.63, 3.8) is 0 Å². The fraction of sp³-hybridized carbons (Fsp3) is 0.136. The van der Waals surface area contributed by atoms with Crippen molar-refractivity contribution >= 4 is 44.3 Å². The molecule has 9 heteroatoms. The van der Waals surface area contributed by atoms with Crippen molar-refractivity contribution in [3.05, 3.63) is 93.4 Å². The van der Waals surface area contributed by atoms with Gasteiger partial charge in [0.1, 0.15) is 9.97 Å². The zero-order valence-electron chi connectivity index (χ0n) is 16.6. The maximum Gasteiger partial charge on any atom is 0.271 e. The van der Waals surface area contributed by atoms with Crippen molar-refractivity contribution in [3.8, 4) is 0 Å². The highest BCUT2D eigenvalue weighted by Crippen LogP contribution is 2.23. The summed E-state index contributed by atoms with van der Waals surface area (Å²) in [6, 6.07) is 17.4. The predicted octanol–water partition coefficient (Wildman–Crippen LogP) is 5.35. The second-order valence-electron chi connectivity index (χ2n) is 6.87. The van der Waals surface area contributed by atoms with E-state index in [0.29, 0.717) is 30.1 Å². The van der Waals surface area contributed by atoms with Gasteiger partial charge in [0.2, 0.25) is 0 Å². The molecule has 0 radical (unpaired) electrons. The average Bonchev–Trinajstić information content (AvgIpc) is 3.50. The lowest BCUT2D eigenvalue weighted by atomic mass is 10.1. The van der Waals surface area contributed by atoms with Crippen LogP contribution in [0.5, 0.6) is 0 Å². The minimum Gasteiger partial charge on any atom is -0.467 e. The summed E-state index contributed by atoms with van der Waals surface area (Å²) in [6.07, 6.45) is 1.58. The molecule has 4 aromatic rings. The fourth-order valence-corrected chi connectivity index (χ4v) is 6.02. The zero-order valence-corrected chi connectivity index (χ0v) is 19.1. The van der Waals surface area contributed by atoms with Gasteiger partial charge in [-0.15, -0.1) is 22.7 Å². The van der Waals surface area contributed by atoms with Gasteiger partial charge in [-0.25, -0.2) is 8.42 Å². The van der Waals surface area contributed by atoms with E-state index in [0.717, 1.165) is 16.2 Å². The van der Waals surface area contributed by atoms with Gasteiger partial charge in [-0.2, -0.15) is 0 Å². The number of hydrogen-bond donors (Lipinski definition) is 1. The van der Waals surface area contributed by atoms with E-state index in [1.807, 2.05) is 25.1 Å². The van der Waals surface area contributed by atoms with Crippen molar-refractivity contribution in [1.29, 1.82) is 0 Å². The predicted molar refractivity (Wildman–Crippen MR) is 123 cm³/mol. The molecule has 1 aromatic carbocycles. The van der Waals surface area contributed by atoms with E-state index in [2.05, 4.69) is 4.72 Å². The molecule has 6 nitrogen and oxygen atoms in total. The third kappa shape index (κ3) is 5.25. The minimum atomic E-state index is -3.69. The molecule has 0 aliphatic heterocycles. The van der Waals surface area contributed by atoms with Crippen LogP contribution >= 0.6 is 22.7 Å². The summed E-state index contributed by atoms with van der Waals surface area (Å²) in [5.41, 5.74) is 0.732. The Morgan fingerprint density at radius 2 is 1.94 bits per heavy atom. The Bertz CT molecular complexity index is 1260. The van der Waals surface area contributed by atoms with E-state index in [1.54, 1.807) is 64.3 Å². The molecule has 0 saturated heterocycles. The number of carbonyl (C=O) groups is 1. The summed E-state index contributed by atoms with van der Waals surface area (Å²) >= 11 is 2.77. The number of thiophene rings is 2. The lowest BCUT2D eigenvalue weighted by molar-refractivity contribution is 0.0719. The number of nitrogens with one attached hydrogen (secondary N) is 1. The number of sulfonamides is 1. The van der Waals surface area contributed by atoms with Crippen LogP contribution in [0.3, 0.4) is 0 Å². The number of hydrogen-bond acceptors (Lipinski definition) is 6. The summed E-state index contributed by atoms with van der Waals surface area (Å²) in [6.45, 7) is 2.77. The molecular formula is C22H20N2O4S3. The smallest absolute Gasteiger partial charge is 0.271 e. The van der Waals surface area contributed by atoms with E-state index in [9.17, 15) is 13.2 Å². The Hall–Kier alpha value is -2.88. The Labute approximate surface area is 188 Å². The molecule has 3 aromatic heterocycles. The Morgan fingerprint density at radius 3 is 2.61 bits per heavy atom. The number of furan rings is 1. The number of amides is 1. The first-order valence-electron chi connectivity index (χ1n) is 9.44. The molecule has 1 N–H and O–H groups in total. The summed E-state index contributed by atoms with van der Waals surface area (Å²) in [5.74, 6) is 0.468. The average molecular weight is 473 g/mol. The van der Waals surface area contributed by atoms with Crippen LogP contribution in [0.1, 0.15) is 25.9 Å². The number of nitrogens with zero attached hydrogens (tertiary/aromatic N) is 1. The highest BCUT2D eigenvalue weighted by atomic mass is 32.2. The molecule has 160 valence electrons. The highest BCUT2D eigenvalue weighted by molar-refractivity contribution is 7.94. The van der Waals surface area contributed by atoms with Crippen molar-refractivity contribution in [2.45, 2.75) is 24.2 Å². The topological polar surface area (TPSA) is 79.6 Å². The Morgan fingerprint density at radius 1 is 1.06 bits per heavy atom. The lowest BCUT2D eigenvalue weighted by Gasteiger charge is -2.21. The van der Waals surface area contributed by atoms with Gasteiger partial charge in [0.25, 0.3) is 15.9 Å². The standard InChI is InChI=1S/C22H20N2O4S3/c1-16-9-10-20(30-16)15-24(14-19-7-3-11-28-19)22(25)17-5-2-6-18(13-17)23-31(26,27)21-8-4-12-29-21/h2-13,23H,14-15H2,1H3. The zero-order chi connectivity index (χ0) is 21.8. The third-order valence-corrected chi connectivity index (χ3v) is 8.24. The van der Waals surface area contributed by atoms with Crippen molar-refractivity contribution in [1.82, 2.24) is 4.90 Å². The van der Waals surface area contributed by atoms with Gasteiger partial charge < -0.3 is 9.32 Å². The minimum absolute atomic E-state index is 0.209. The SMILES string of the molecule is Cc1ccc(CN(Cc2ccco2)C(=O)c2cccc(NS(=O)(=O)c3cccs3)c2)s1. The fourth-order valence-electron chi connectivity index (χ4n) is 3.07. The first-order chi connectivity index (χ1) is 14.9. The normalized spacial score (nSPS) is 11.4. The Kier molecular flexibility index (Phi) is 6.26. The van der Waals surface area contributed by atoms with Crippen LogP contribution in [0.4, 0.5) is 5.69 Å². The number of aryl methyl sites for hydroxylation is 1. The molecule has 0 fully saturated rings. The maximum absolute atomic E-state index is 13.3. The molecular weight excluding hydrogens is 452 g/mol. The molecule has 0 atom stereocenters. The quantitative estimate of drug-likeness (QED) is 0.375. The summed E-state index contributed by atoms with van der Waals surface area (Å²) in [4.78, 5) is 17.3. The molecule has 0 aliphatic carbocycles. The van der Waals surface area contributed by atoms with Crippen LogP contribution in [0.25, 0.3) is 0 Å². The second-order valence-corrected chi connectivity index (χ2v) is 11.1. The van der Waals surface area contributed by atoms with Crippen LogP contribution in [-0.4, -0.2) is 19.2 Å². The van der Waals surface area contributed by atoms with E-state index in [1.165, 1.54) is 10.9 Å². The van der Waals surface area contributed by atoms with Crippen LogP contribution in [0, 0.1) is 6.92 Å².